The molecule has 0 saturated heterocycles. The fourth-order valence-corrected chi connectivity index (χ4v) is 1.63. The maximum absolute atomic E-state index is 12.6. The number of alkyl halides is 5. The average Bonchev–Trinajstić information content (AvgIpc) is 2.26. The van der Waals surface area contributed by atoms with Crippen LogP contribution in [0.15, 0.2) is 36.4 Å². The van der Waals surface area contributed by atoms with Gasteiger partial charge in [0.15, 0.2) is 0 Å². The van der Waals surface area contributed by atoms with Crippen molar-refractivity contribution < 1.29 is 26.7 Å². The van der Waals surface area contributed by atoms with Crippen molar-refractivity contribution in [2.45, 2.75) is 12.8 Å². The Morgan fingerprint density at radius 1 is 1.00 bits per heavy atom. The maximum atomic E-state index is 12.6. The Labute approximate surface area is 98.8 Å². The Hall–Kier alpha value is -1.85. The van der Waals surface area contributed by atoms with Crippen LogP contribution in [0.25, 0.3) is 10.8 Å². The van der Waals surface area contributed by atoms with Gasteiger partial charge in [-0.25, -0.2) is 8.78 Å². The predicted molar refractivity (Wildman–Crippen MR) is 55.6 cm³/mol. The molecule has 0 aromatic heterocycles. The topological polar surface area (TPSA) is 9.23 Å². The molecule has 0 saturated carbocycles. The van der Waals surface area contributed by atoms with E-state index < -0.39 is 24.1 Å². The van der Waals surface area contributed by atoms with Gasteiger partial charge in [-0.05, 0) is 17.5 Å². The molecule has 0 bridgehead atoms. The zero-order chi connectivity index (χ0) is 13.3. The second kappa shape index (κ2) is 4.44. The molecule has 0 fully saturated rings. The molecule has 0 unspecified atom stereocenters. The zero-order valence-corrected chi connectivity index (χ0v) is 8.84. The Morgan fingerprint density at radius 2 is 1.67 bits per heavy atom. The van der Waals surface area contributed by atoms with Crippen molar-refractivity contribution in [1.29, 1.82) is 0 Å². The number of hydrogen-bond donors (Lipinski definition) is 0. The van der Waals surface area contributed by atoms with Crippen LogP contribution in [0, 0.1) is 0 Å². The molecule has 2 aromatic rings. The Bertz CT molecular complexity index is 562. The van der Waals surface area contributed by atoms with E-state index >= 15 is 0 Å². The molecule has 1 nitrogen and oxygen atoms in total. The van der Waals surface area contributed by atoms with Gasteiger partial charge in [0.2, 0.25) is 0 Å². The third-order valence-corrected chi connectivity index (χ3v) is 2.32. The minimum absolute atomic E-state index is 0.138. The summed E-state index contributed by atoms with van der Waals surface area (Å²) in [4.78, 5) is 0. The van der Waals surface area contributed by atoms with Crippen LogP contribution in [0.2, 0.25) is 0 Å². The monoisotopic (exact) mass is 262 g/mol. The van der Waals surface area contributed by atoms with Crippen LogP contribution in [0.3, 0.4) is 0 Å². The summed E-state index contributed by atoms with van der Waals surface area (Å²) >= 11 is 0. The van der Waals surface area contributed by atoms with Crippen LogP contribution in [0.4, 0.5) is 22.0 Å². The number of halogens is 5. The highest BCUT2D eigenvalue weighted by Gasteiger charge is 2.32. The highest BCUT2D eigenvalue weighted by molar-refractivity contribution is 5.89. The molecule has 0 N–H and O–H groups in total. The summed E-state index contributed by atoms with van der Waals surface area (Å²) in [6.45, 7) is 0. The number of benzene rings is 2. The van der Waals surface area contributed by atoms with E-state index in [0.717, 1.165) is 6.07 Å². The van der Waals surface area contributed by atoms with E-state index in [1.54, 1.807) is 6.07 Å². The largest absolute Gasteiger partial charge is 0.573 e. The lowest BCUT2D eigenvalue weighted by Gasteiger charge is -2.13. The van der Waals surface area contributed by atoms with E-state index in [0.29, 0.717) is 6.07 Å². The number of rotatable bonds is 2. The predicted octanol–water partition coefficient (Wildman–Crippen LogP) is 4.68. The van der Waals surface area contributed by atoms with Gasteiger partial charge in [0, 0.05) is 10.9 Å². The maximum Gasteiger partial charge on any atom is 0.573 e. The van der Waals surface area contributed by atoms with Gasteiger partial charge in [0.1, 0.15) is 5.75 Å². The molecule has 2 aromatic carbocycles. The van der Waals surface area contributed by atoms with E-state index in [1.807, 2.05) is 0 Å². The molecule has 6 heteroatoms. The molecule has 96 valence electrons. The van der Waals surface area contributed by atoms with Gasteiger partial charge in [-0.2, -0.15) is 0 Å². The molecule has 0 atom stereocenters. The quantitative estimate of drug-likeness (QED) is 0.714. The first-order valence-electron chi connectivity index (χ1n) is 4.93. The lowest BCUT2D eigenvalue weighted by molar-refractivity contribution is -0.274. The molecule has 0 amide bonds. The number of hydrogen-bond acceptors (Lipinski definition) is 1. The third kappa shape index (κ3) is 2.69. The summed E-state index contributed by atoms with van der Waals surface area (Å²) in [6.07, 6.45) is -7.77. The molecule has 0 radical (unpaired) electrons. The van der Waals surface area contributed by atoms with E-state index in [9.17, 15) is 22.0 Å². The van der Waals surface area contributed by atoms with Crippen LogP contribution in [-0.2, 0) is 0 Å². The van der Waals surface area contributed by atoms with E-state index in [2.05, 4.69) is 4.74 Å². The van der Waals surface area contributed by atoms with Crippen LogP contribution >= 0.6 is 0 Å². The van der Waals surface area contributed by atoms with Crippen molar-refractivity contribution in [3.63, 3.8) is 0 Å². The zero-order valence-electron chi connectivity index (χ0n) is 8.84. The lowest BCUT2D eigenvalue weighted by atomic mass is 10.1. The van der Waals surface area contributed by atoms with E-state index in [-0.39, 0.29) is 10.8 Å². The van der Waals surface area contributed by atoms with Crippen molar-refractivity contribution in [2.24, 2.45) is 0 Å². The summed E-state index contributed by atoms with van der Waals surface area (Å²) in [5.74, 6) is -0.615. The minimum atomic E-state index is -4.91. The van der Waals surface area contributed by atoms with Gasteiger partial charge in [-0.15, -0.1) is 13.2 Å². The third-order valence-electron chi connectivity index (χ3n) is 2.32. The normalized spacial score (nSPS) is 12.1. The molecule has 0 spiro atoms. The van der Waals surface area contributed by atoms with Crippen LogP contribution < -0.4 is 4.74 Å². The molecule has 0 aliphatic rings. The number of fused-ring (bicyclic) bond motifs is 1. The van der Waals surface area contributed by atoms with E-state index in [4.69, 9.17) is 0 Å². The average molecular weight is 262 g/mol. The Morgan fingerprint density at radius 3 is 2.28 bits per heavy atom. The van der Waals surface area contributed by atoms with Gasteiger partial charge in [0.25, 0.3) is 6.43 Å². The summed E-state index contributed by atoms with van der Waals surface area (Å²) in [6, 6.07) is 7.74. The second-order valence-electron chi connectivity index (χ2n) is 3.59. The lowest BCUT2D eigenvalue weighted by Crippen LogP contribution is -2.17. The first-order chi connectivity index (χ1) is 8.37. The fraction of sp³-hybridized carbons (Fsp3) is 0.167. The Balaban J connectivity index is 2.61. The van der Waals surface area contributed by atoms with Crippen LogP contribution in [0.5, 0.6) is 5.75 Å². The molecule has 0 aliphatic carbocycles. The Kier molecular flexibility index (Phi) is 3.11. The van der Waals surface area contributed by atoms with Crippen molar-refractivity contribution in [3.8, 4) is 5.75 Å². The summed E-state index contributed by atoms with van der Waals surface area (Å²) in [5.41, 5.74) is -0.507. The molecule has 2 rings (SSSR count). The summed E-state index contributed by atoms with van der Waals surface area (Å²) < 4.78 is 65.5. The molecule has 18 heavy (non-hydrogen) atoms. The smallest absolute Gasteiger partial charge is 0.405 e. The second-order valence-corrected chi connectivity index (χ2v) is 3.59. The standard InChI is InChI=1S/C12H7F5O/c13-11(14)8-5-7-3-1-2-4-9(7)10(6-8)18-12(15,16)17/h1-6,11H. The molecule has 0 aliphatic heterocycles. The van der Waals surface area contributed by atoms with Crippen molar-refractivity contribution in [2.75, 3.05) is 0 Å². The number of ether oxygens (including phenoxy) is 1. The highest BCUT2D eigenvalue weighted by atomic mass is 19.4. The van der Waals surface area contributed by atoms with Gasteiger partial charge in [-0.3, -0.25) is 0 Å². The highest BCUT2D eigenvalue weighted by Crippen LogP contribution is 2.34. The summed E-state index contributed by atoms with van der Waals surface area (Å²) in [7, 11) is 0. The summed E-state index contributed by atoms with van der Waals surface area (Å²) in [5, 5.41) is 0.411. The van der Waals surface area contributed by atoms with Crippen molar-refractivity contribution in [3.05, 3.63) is 42.0 Å². The van der Waals surface area contributed by atoms with Crippen molar-refractivity contribution in [1.82, 2.24) is 0 Å². The van der Waals surface area contributed by atoms with E-state index in [1.165, 1.54) is 18.2 Å². The van der Waals surface area contributed by atoms with Gasteiger partial charge >= 0.3 is 6.36 Å². The van der Waals surface area contributed by atoms with Crippen molar-refractivity contribution >= 4 is 10.8 Å². The fourth-order valence-electron chi connectivity index (χ4n) is 1.63. The van der Waals surface area contributed by atoms with Gasteiger partial charge < -0.3 is 4.74 Å². The molecular weight excluding hydrogens is 255 g/mol. The minimum Gasteiger partial charge on any atom is -0.405 e. The first-order valence-corrected chi connectivity index (χ1v) is 4.93. The SMILES string of the molecule is FC(F)c1cc(OC(F)(F)F)c2ccccc2c1. The van der Waals surface area contributed by atoms with Gasteiger partial charge in [-0.1, -0.05) is 24.3 Å². The first kappa shape index (κ1) is 12.6. The van der Waals surface area contributed by atoms with Crippen LogP contribution in [-0.4, -0.2) is 6.36 Å². The van der Waals surface area contributed by atoms with Crippen LogP contribution in [0.1, 0.15) is 12.0 Å². The molecule has 0 heterocycles. The van der Waals surface area contributed by atoms with Gasteiger partial charge in [0.05, 0.1) is 0 Å². The molecular formula is C12H7F5O.